The van der Waals surface area contributed by atoms with Crippen LogP contribution in [0.1, 0.15) is 15.9 Å². The molecule has 0 aliphatic carbocycles. The van der Waals surface area contributed by atoms with E-state index in [1.54, 1.807) is 47.5 Å². The standard InChI is InChI=1S/C25H18F2N2O3S2/c1-29-14-17-12-16(4-8-20(17)25(29)30)23-10-9-22(33-23)15-2-6-19(7-3-15)28-34(31,32)24-11-5-18(26)13-21(24)27/h2-13,28H,14H2,1H3. The van der Waals surface area contributed by atoms with Crippen LogP contribution in [0.15, 0.2) is 77.7 Å². The number of nitrogens with one attached hydrogen (secondary N) is 1. The van der Waals surface area contributed by atoms with Crippen LogP contribution in [0, 0.1) is 11.6 Å². The molecule has 5 nitrogen and oxygen atoms in total. The SMILES string of the molecule is CN1Cc2cc(-c3ccc(-c4ccc(NS(=O)(=O)c5ccc(F)cc5F)cc4)s3)ccc2C1=O. The van der Waals surface area contributed by atoms with Crippen LogP contribution in [0.2, 0.25) is 0 Å². The lowest BCUT2D eigenvalue weighted by Crippen LogP contribution is -2.17. The third kappa shape index (κ3) is 4.08. The molecular weight excluding hydrogens is 478 g/mol. The molecule has 5 rings (SSSR count). The average molecular weight is 497 g/mol. The van der Waals surface area contributed by atoms with E-state index in [1.807, 2.05) is 30.3 Å². The van der Waals surface area contributed by atoms with Gasteiger partial charge in [0.2, 0.25) is 0 Å². The average Bonchev–Trinajstić information content (AvgIpc) is 3.39. The fourth-order valence-corrected chi connectivity index (χ4v) is 6.00. The van der Waals surface area contributed by atoms with E-state index >= 15 is 0 Å². The number of carbonyl (C=O) groups is 1. The largest absolute Gasteiger partial charge is 0.337 e. The Balaban J connectivity index is 1.35. The fourth-order valence-electron chi connectivity index (χ4n) is 3.87. The number of carbonyl (C=O) groups excluding carboxylic acids is 1. The molecule has 2 heterocycles. The van der Waals surface area contributed by atoms with Crippen LogP contribution in [0.4, 0.5) is 14.5 Å². The van der Waals surface area contributed by atoms with Crippen molar-refractivity contribution in [2.75, 3.05) is 11.8 Å². The summed E-state index contributed by atoms with van der Waals surface area (Å²) in [5, 5.41) is 0. The van der Waals surface area contributed by atoms with Crippen LogP contribution >= 0.6 is 11.3 Å². The summed E-state index contributed by atoms with van der Waals surface area (Å²) in [5.41, 5.74) is 3.93. The van der Waals surface area contributed by atoms with Gasteiger partial charge < -0.3 is 4.90 Å². The Morgan fingerprint density at radius 3 is 2.26 bits per heavy atom. The van der Waals surface area contributed by atoms with Crippen LogP contribution in [0.25, 0.3) is 20.9 Å². The van der Waals surface area contributed by atoms with Gasteiger partial charge in [0.1, 0.15) is 16.5 Å². The van der Waals surface area contributed by atoms with Crippen molar-refractivity contribution in [2.45, 2.75) is 11.4 Å². The molecule has 1 aliphatic rings. The molecule has 1 N–H and O–H groups in total. The minimum Gasteiger partial charge on any atom is -0.337 e. The second-order valence-electron chi connectivity index (χ2n) is 7.95. The zero-order chi connectivity index (χ0) is 24.0. The number of benzene rings is 3. The maximum atomic E-state index is 13.9. The van der Waals surface area contributed by atoms with Crippen molar-refractivity contribution >= 4 is 33.0 Å². The predicted molar refractivity (Wildman–Crippen MR) is 128 cm³/mol. The highest BCUT2D eigenvalue weighted by Crippen LogP contribution is 2.36. The number of anilines is 1. The van der Waals surface area contributed by atoms with Crippen LogP contribution in [-0.2, 0) is 16.6 Å². The Morgan fingerprint density at radius 2 is 1.56 bits per heavy atom. The molecule has 34 heavy (non-hydrogen) atoms. The maximum absolute atomic E-state index is 13.9. The lowest BCUT2D eigenvalue weighted by molar-refractivity contribution is 0.0816. The van der Waals surface area contributed by atoms with Gasteiger partial charge in [0, 0.05) is 40.7 Å². The Bertz CT molecular complexity index is 1530. The van der Waals surface area contributed by atoms with E-state index < -0.39 is 26.6 Å². The summed E-state index contributed by atoms with van der Waals surface area (Å²) in [4.78, 5) is 15.2. The minimum atomic E-state index is -4.20. The highest BCUT2D eigenvalue weighted by atomic mass is 32.2. The molecule has 1 aliphatic heterocycles. The summed E-state index contributed by atoms with van der Waals surface area (Å²) in [6, 6.07) is 18.9. The summed E-state index contributed by atoms with van der Waals surface area (Å²) in [5.74, 6) is -1.97. The molecule has 9 heteroatoms. The molecular formula is C25H18F2N2O3S2. The number of rotatable bonds is 5. The molecule has 0 spiro atoms. The number of sulfonamides is 1. The normalized spacial score (nSPS) is 13.3. The molecule has 1 aromatic heterocycles. The molecule has 0 bridgehead atoms. The lowest BCUT2D eigenvalue weighted by atomic mass is 10.1. The van der Waals surface area contributed by atoms with Gasteiger partial charge in [-0.2, -0.15) is 0 Å². The van der Waals surface area contributed by atoms with Gasteiger partial charge in [-0.25, -0.2) is 17.2 Å². The minimum absolute atomic E-state index is 0.0336. The third-order valence-corrected chi connectivity index (χ3v) is 8.18. The Labute approximate surface area is 199 Å². The van der Waals surface area contributed by atoms with Gasteiger partial charge in [0.05, 0.1) is 0 Å². The molecule has 0 unspecified atom stereocenters. The molecule has 0 saturated heterocycles. The number of amides is 1. The van der Waals surface area contributed by atoms with E-state index in [0.717, 1.165) is 44.1 Å². The lowest BCUT2D eigenvalue weighted by Gasteiger charge is -2.09. The molecule has 4 aromatic rings. The maximum Gasteiger partial charge on any atom is 0.264 e. The van der Waals surface area contributed by atoms with Crippen LogP contribution in [0.3, 0.4) is 0 Å². The highest BCUT2D eigenvalue weighted by Gasteiger charge is 2.24. The van der Waals surface area contributed by atoms with Gasteiger partial charge in [-0.3, -0.25) is 9.52 Å². The fraction of sp³-hybridized carbons (Fsp3) is 0.0800. The van der Waals surface area contributed by atoms with Gasteiger partial charge in [0.25, 0.3) is 15.9 Å². The Morgan fingerprint density at radius 1 is 0.882 bits per heavy atom. The summed E-state index contributed by atoms with van der Waals surface area (Å²) in [6.07, 6.45) is 0. The van der Waals surface area contributed by atoms with Gasteiger partial charge in [-0.15, -0.1) is 11.3 Å². The van der Waals surface area contributed by atoms with Gasteiger partial charge in [0.15, 0.2) is 0 Å². The molecule has 0 fully saturated rings. The Hall–Kier alpha value is -3.56. The van der Waals surface area contributed by atoms with E-state index in [0.29, 0.717) is 12.6 Å². The predicted octanol–water partition coefficient (Wildman–Crippen LogP) is 5.75. The molecule has 0 radical (unpaired) electrons. The van der Waals surface area contributed by atoms with E-state index in [1.165, 1.54) is 0 Å². The monoisotopic (exact) mass is 496 g/mol. The van der Waals surface area contributed by atoms with Crippen molar-refractivity contribution < 1.29 is 22.0 Å². The second-order valence-corrected chi connectivity index (χ2v) is 10.7. The zero-order valence-corrected chi connectivity index (χ0v) is 19.5. The number of nitrogens with zero attached hydrogens (tertiary/aromatic N) is 1. The third-order valence-electron chi connectivity index (χ3n) is 5.59. The van der Waals surface area contributed by atoms with Crippen LogP contribution < -0.4 is 4.72 Å². The molecule has 172 valence electrons. The number of fused-ring (bicyclic) bond motifs is 1. The first-order chi connectivity index (χ1) is 16.2. The van der Waals surface area contributed by atoms with Crippen LogP contribution in [0.5, 0.6) is 0 Å². The topological polar surface area (TPSA) is 66.5 Å². The van der Waals surface area contributed by atoms with E-state index in [4.69, 9.17) is 0 Å². The van der Waals surface area contributed by atoms with Crippen molar-refractivity contribution in [3.63, 3.8) is 0 Å². The summed E-state index contributed by atoms with van der Waals surface area (Å²) < 4.78 is 54.3. The number of hydrogen-bond acceptors (Lipinski definition) is 4. The second kappa shape index (κ2) is 8.34. The van der Waals surface area contributed by atoms with Crippen molar-refractivity contribution in [3.8, 4) is 20.9 Å². The number of halogens is 2. The van der Waals surface area contributed by atoms with Crippen molar-refractivity contribution in [2.24, 2.45) is 0 Å². The van der Waals surface area contributed by atoms with E-state index in [2.05, 4.69) is 4.72 Å². The van der Waals surface area contributed by atoms with E-state index in [9.17, 15) is 22.0 Å². The first kappa shape index (κ1) is 22.2. The number of thiophene rings is 1. The summed E-state index contributed by atoms with van der Waals surface area (Å²) >= 11 is 1.58. The van der Waals surface area contributed by atoms with Crippen molar-refractivity contribution in [1.82, 2.24) is 4.90 Å². The van der Waals surface area contributed by atoms with Crippen molar-refractivity contribution in [1.29, 1.82) is 0 Å². The summed E-state index contributed by atoms with van der Waals surface area (Å²) in [6.45, 7) is 0.597. The smallest absolute Gasteiger partial charge is 0.264 e. The Kier molecular flexibility index (Phi) is 5.45. The molecule has 0 atom stereocenters. The van der Waals surface area contributed by atoms with E-state index in [-0.39, 0.29) is 11.6 Å². The van der Waals surface area contributed by atoms with Crippen LogP contribution in [-0.4, -0.2) is 26.3 Å². The molecule has 0 saturated carbocycles. The first-order valence-corrected chi connectivity index (χ1v) is 12.6. The molecule has 1 amide bonds. The molecule has 3 aromatic carbocycles. The van der Waals surface area contributed by atoms with Gasteiger partial charge in [-0.1, -0.05) is 18.2 Å². The number of hydrogen-bond donors (Lipinski definition) is 1. The van der Waals surface area contributed by atoms with Gasteiger partial charge >= 0.3 is 0 Å². The van der Waals surface area contributed by atoms with Crippen molar-refractivity contribution in [3.05, 3.63) is 95.6 Å². The highest BCUT2D eigenvalue weighted by molar-refractivity contribution is 7.92. The first-order valence-electron chi connectivity index (χ1n) is 10.3. The van der Waals surface area contributed by atoms with Gasteiger partial charge in [-0.05, 0) is 65.2 Å². The summed E-state index contributed by atoms with van der Waals surface area (Å²) in [7, 11) is -2.42. The zero-order valence-electron chi connectivity index (χ0n) is 17.9. The quantitative estimate of drug-likeness (QED) is 0.383.